The smallest absolute Gasteiger partial charge is 0.410 e. The van der Waals surface area contributed by atoms with Crippen LogP contribution in [0.25, 0.3) is 0 Å². The molecule has 21 heavy (non-hydrogen) atoms. The maximum atomic E-state index is 12.0. The topological polar surface area (TPSA) is 68.3 Å². The summed E-state index contributed by atoms with van der Waals surface area (Å²) in [6.45, 7) is 9.30. The van der Waals surface area contributed by atoms with E-state index in [4.69, 9.17) is 14.2 Å². The average Bonchev–Trinajstić information content (AvgIpc) is 2.36. The Balaban J connectivity index is 2.46. The summed E-state index contributed by atoms with van der Waals surface area (Å²) in [5.74, 6) is 0. The normalized spacial score (nSPS) is 19.4. The third-order valence-electron chi connectivity index (χ3n) is 3.03. The van der Waals surface area contributed by atoms with Crippen LogP contribution in [0.2, 0.25) is 0 Å². The van der Waals surface area contributed by atoms with Gasteiger partial charge in [0.05, 0.1) is 12.6 Å². The van der Waals surface area contributed by atoms with Gasteiger partial charge in [0.2, 0.25) is 0 Å². The third kappa shape index (κ3) is 5.79. The molecule has 1 aliphatic heterocycles. The quantitative estimate of drug-likeness (QED) is 0.742. The Kier molecular flexibility index (Phi) is 6.26. The van der Waals surface area contributed by atoms with E-state index in [1.165, 1.54) is 0 Å². The predicted molar refractivity (Wildman–Crippen MR) is 77.2 cm³/mol. The first-order chi connectivity index (χ1) is 9.74. The summed E-state index contributed by atoms with van der Waals surface area (Å²) < 4.78 is 15.3. The van der Waals surface area contributed by atoms with Gasteiger partial charge in [0.25, 0.3) is 0 Å². The molecule has 0 unspecified atom stereocenters. The molecule has 1 heterocycles. The predicted octanol–water partition coefficient (Wildman–Crippen LogP) is 1.71. The average molecular weight is 302 g/mol. The molecule has 0 saturated carbocycles. The molecule has 0 aromatic rings. The molecule has 1 rings (SSSR count). The third-order valence-corrected chi connectivity index (χ3v) is 3.03. The van der Waals surface area contributed by atoms with Gasteiger partial charge in [-0.25, -0.2) is 9.59 Å². The van der Waals surface area contributed by atoms with Crippen LogP contribution in [-0.2, 0) is 14.2 Å². The Labute approximate surface area is 126 Å². The number of carbonyl (C=O) groups is 2. The number of ether oxygens (including phenoxy) is 3. The van der Waals surface area contributed by atoms with Crippen LogP contribution in [0.4, 0.5) is 9.59 Å². The molecule has 122 valence electrons. The number of piperazine rings is 1. The molecular weight excluding hydrogens is 276 g/mol. The second-order valence-electron chi connectivity index (χ2n) is 6.08. The summed E-state index contributed by atoms with van der Waals surface area (Å²) in [5.41, 5.74) is -0.517. The van der Waals surface area contributed by atoms with Crippen LogP contribution in [0, 0.1) is 0 Å². The first kappa shape index (κ1) is 17.6. The fourth-order valence-corrected chi connectivity index (χ4v) is 2.02. The van der Waals surface area contributed by atoms with Gasteiger partial charge in [-0.3, -0.25) is 0 Å². The zero-order valence-corrected chi connectivity index (χ0v) is 13.5. The summed E-state index contributed by atoms with van der Waals surface area (Å²) in [5, 5.41) is 0. The summed E-state index contributed by atoms with van der Waals surface area (Å²) in [6.07, 6.45) is -0.717. The highest BCUT2D eigenvalue weighted by molar-refractivity contribution is 5.71. The Bertz CT molecular complexity index is 367. The molecule has 0 N–H and O–H groups in total. The lowest BCUT2D eigenvalue weighted by atomic mass is 10.2. The minimum Gasteiger partial charge on any atom is -0.447 e. The van der Waals surface area contributed by atoms with Crippen LogP contribution < -0.4 is 0 Å². The number of hydrogen-bond donors (Lipinski definition) is 0. The van der Waals surface area contributed by atoms with E-state index >= 15 is 0 Å². The zero-order chi connectivity index (χ0) is 16.0. The van der Waals surface area contributed by atoms with E-state index in [1.807, 2.05) is 27.7 Å². The Morgan fingerprint density at radius 1 is 1.14 bits per heavy atom. The number of amides is 2. The molecular formula is C14H26N2O5. The second kappa shape index (κ2) is 7.49. The Morgan fingerprint density at radius 2 is 1.81 bits per heavy atom. The van der Waals surface area contributed by atoms with Gasteiger partial charge >= 0.3 is 12.2 Å². The van der Waals surface area contributed by atoms with Crippen LogP contribution >= 0.6 is 0 Å². The van der Waals surface area contributed by atoms with Gasteiger partial charge in [-0.1, -0.05) is 0 Å². The summed E-state index contributed by atoms with van der Waals surface area (Å²) in [7, 11) is 1.55. The first-order valence-corrected chi connectivity index (χ1v) is 7.15. The maximum Gasteiger partial charge on any atom is 0.410 e. The minimum absolute atomic E-state index is 0.110. The lowest BCUT2D eigenvalue weighted by molar-refractivity contribution is 0.00203. The molecule has 1 fully saturated rings. The maximum absolute atomic E-state index is 12.0. The summed E-state index contributed by atoms with van der Waals surface area (Å²) >= 11 is 0. The molecule has 7 nitrogen and oxygen atoms in total. The first-order valence-electron chi connectivity index (χ1n) is 7.15. The fourth-order valence-electron chi connectivity index (χ4n) is 2.02. The van der Waals surface area contributed by atoms with Gasteiger partial charge < -0.3 is 24.0 Å². The van der Waals surface area contributed by atoms with Crippen molar-refractivity contribution in [3.05, 3.63) is 0 Å². The van der Waals surface area contributed by atoms with Crippen molar-refractivity contribution >= 4 is 12.2 Å². The van der Waals surface area contributed by atoms with Crippen molar-refractivity contribution in [2.24, 2.45) is 0 Å². The monoisotopic (exact) mass is 302 g/mol. The van der Waals surface area contributed by atoms with Crippen LogP contribution in [0.5, 0.6) is 0 Å². The standard InChI is InChI=1S/C14H26N2O5/c1-11-10-15(12(17)21-14(2,3)4)6-7-16(11)13(18)20-9-8-19-5/h11H,6-10H2,1-5H3/t11-/m1/s1. The van der Waals surface area contributed by atoms with Crippen molar-refractivity contribution in [1.82, 2.24) is 9.80 Å². The molecule has 2 amide bonds. The fraction of sp³-hybridized carbons (Fsp3) is 0.857. The molecule has 0 aromatic carbocycles. The van der Waals surface area contributed by atoms with Gasteiger partial charge in [0, 0.05) is 26.7 Å². The summed E-state index contributed by atoms with van der Waals surface area (Å²) in [6, 6.07) is -0.110. The number of carbonyl (C=O) groups excluding carboxylic acids is 2. The van der Waals surface area contributed by atoms with Crippen molar-refractivity contribution in [3.63, 3.8) is 0 Å². The van der Waals surface area contributed by atoms with Gasteiger partial charge in [0.1, 0.15) is 12.2 Å². The second-order valence-corrected chi connectivity index (χ2v) is 6.08. The van der Waals surface area contributed by atoms with Crippen molar-refractivity contribution in [2.75, 3.05) is 40.0 Å². The van der Waals surface area contributed by atoms with Crippen LogP contribution in [0.15, 0.2) is 0 Å². The number of rotatable bonds is 3. The number of methoxy groups -OCH3 is 1. The number of nitrogens with zero attached hydrogens (tertiary/aromatic N) is 2. The highest BCUT2D eigenvalue weighted by Crippen LogP contribution is 2.15. The molecule has 0 aromatic heterocycles. The summed E-state index contributed by atoms with van der Waals surface area (Å²) in [4.78, 5) is 27.1. The van der Waals surface area contributed by atoms with E-state index in [2.05, 4.69) is 0 Å². The highest BCUT2D eigenvalue weighted by Gasteiger charge is 2.32. The van der Waals surface area contributed by atoms with E-state index in [9.17, 15) is 9.59 Å². The minimum atomic E-state index is -0.517. The Hall–Kier alpha value is -1.50. The zero-order valence-electron chi connectivity index (χ0n) is 13.5. The SMILES string of the molecule is COCCOC(=O)N1CCN(C(=O)OC(C)(C)C)C[C@H]1C. The molecule has 0 radical (unpaired) electrons. The lowest BCUT2D eigenvalue weighted by Gasteiger charge is -2.39. The van der Waals surface area contributed by atoms with Gasteiger partial charge in [-0.2, -0.15) is 0 Å². The molecule has 0 bridgehead atoms. The van der Waals surface area contributed by atoms with Gasteiger partial charge in [-0.05, 0) is 27.7 Å². The van der Waals surface area contributed by atoms with Crippen LogP contribution in [0.1, 0.15) is 27.7 Å². The van der Waals surface area contributed by atoms with E-state index in [0.717, 1.165) is 0 Å². The van der Waals surface area contributed by atoms with Crippen molar-refractivity contribution < 1.29 is 23.8 Å². The van der Waals surface area contributed by atoms with Crippen molar-refractivity contribution in [2.45, 2.75) is 39.3 Å². The van der Waals surface area contributed by atoms with Gasteiger partial charge in [0.15, 0.2) is 0 Å². The molecule has 7 heteroatoms. The van der Waals surface area contributed by atoms with E-state index in [-0.39, 0.29) is 24.8 Å². The van der Waals surface area contributed by atoms with Crippen LogP contribution in [0.3, 0.4) is 0 Å². The van der Waals surface area contributed by atoms with Crippen molar-refractivity contribution in [1.29, 1.82) is 0 Å². The Morgan fingerprint density at radius 3 is 2.33 bits per heavy atom. The van der Waals surface area contributed by atoms with Crippen LogP contribution in [-0.4, -0.2) is 73.6 Å². The molecule has 0 spiro atoms. The molecule has 1 aliphatic rings. The lowest BCUT2D eigenvalue weighted by Crippen LogP contribution is -2.56. The largest absolute Gasteiger partial charge is 0.447 e. The molecule has 0 aliphatic carbocycles. The highest BCUT2D eigenvalue weighted by atomic mass is 16.6. The van der Waals surface area contributed by atoms with E-state index in [1.54, 1.807) is 16.9 Å². The molecule has 1 saturated heterocycles. The van der Waals surface area contributed by atoms with E-state index in [0.29, 0.717) is 26.2 Å². The van der Waals surface area contributed by atoms with E-state index < -0.39 is 5.60 Å². The number of hydrogen-bond acceptors (Lipinski definition) is 5. The van der Waals surface area contributed by atoms with Gasteiger partial charge in [-0.15, -0.1) is 0 Å². The van der Waals surface area contributed by atoms with Crippen molar-refractivity contribution in [3.8, 4) is 0 Å². The molecule has 1 atom stereocenters.